The molecular formula is C12H17BrO7. The summed E-state index contributed by atoms with van der Waals surface area (Å²) in [5, 5.41) is -0.781. The largest absolute Gasteiger partial charge is 0.467 e. The van der Waals surface area contributed by atoms with E-state index in [1.807, 2.05) is 0 Å². The second kappa shape index (κ2) is 7.03. The van der Waals surface area contributed by atoms with Gasteiger partial charge in [0, 0.05) is 19.8 Å². The van der Waals surface area contributed by atoms with Gasteiger partial charge in [0.2, 0.25) is 0 Å². The molecule has 1 aliphatic heterocycles. The van der Waals surface area contributed by atoms with E-state index in [-0.39, 0.29) is 0 Å². The molecule has 0 aromatic rings. The molecule has 114 valence electrons. The summed E-state index contributed by atoms with van der Waals surface area (Å²) < 4.78 is 20.4. The fourth-order valence-electron chi connectivity index (χ4n) is 2.03. The van der Waals surface area contributed by atoms with Crippen molar-refractivity contribution in [1.82, 2.24) is 0 Å². The van der Waals surface area contributed by atoms with Gasteiger partial charge >= 0.3 is 17.9 Å². The molecule has 0 spiro atoms. The van der Waals surface area contributed by atoms with Crippen molar-refractivity contribution in [3.63, 3.8) is 0 Å². The van der Waals surface area contributed by atoms with Crippen LogP contribution in [0.1, 0.15) is 20.8 Å². The van der Waals surface area contributed by atoms with Crippen molar-refractivity contribution >= 4 is 33.8 Å². The highest BCUT2D eigenvalue weighted by Crippen LogP contribution is 2.33. The van der Waals surface area contributed by atoms with Gasteiger partial charge in [0.1, 0.15) is 6.10 Å². The third kappa shape index (κ3) is 3.92. The van der Waals surface area contributed by atoms with Gasteiger partial charge in [0.25, 0.3) is 0 Å². The van der Waals surface area contributed by atoms with Crippen molar-refractivity contribution in [1.29, 1.82) is 0 Å². The first-order valence-electron chi connectivity index (χ1n) is 5.99. The number of halogens is 1. The maximum absolute atomic E-state index is 11.7. The number of hydrogen-bond acceptors (Lipinski definition) is 7. The number of alkyl halides is 1. The zero-order chi connectivity index (χ0) is 15.4. The highest BCUT2D eigenvalue weighted by Gasteiger charge is 2.49. The molecule has 0 aliphatic carbocycles. The molecule has 0 aromatic carbocycles. The van der Waals surface area contributed by atoms with E-state index in [0.29, 0.717) is 0 Å². The summed E-state index contributed by atoms with van der Waals surface area (Å²) in [6.45, 7) is 4.13. The molecule has 8 heteroatoms. The first-order valence-corrected chi connectivity index (χ1v) is 6.91. The van der Waals surface area contributed by atoms with E-state index in [4.69, 9.17) is 14.2 Å². The zero-order valence-corrected chi connectivity index (χ0v) is 13.2. The Morgan fingerprint density at radius 3 is 2.00 bits per heavy atom. The number of esters is 3. The second-order valence-corrected chi connectivity index (χ2v) is 5.34. The summed E-state index contributed by atoms with van der Waals surface area (Å²) >= 11 is 3.18. The summed E-state index contributed by atoms with van der Waals surface area (Å²) in [6, 6.07) is 0. The van der Waals surface area contributed by atoms with E-state index >= 15 is 0 Å². The molecule has 0 radical (unpaired) electrons. The van der Waals surface area contributed by atoms with Crippen molar-refractivity contribution in [2.75, 3.05) is 7.11 Å². The minimum Gasteiger partial charge on any atom is -0.467 e. The normalized spacial score (nSPS) is 33.1. The molecule has 20 heavy (non-hydrogen) atoms. The van der Waals surface area contributed by atoms with Gasteiger partial charge in [-0.1, -0.05) is 22.9 Å². The first kappa shape index (κ1) is 16.9. The van der Waals surface area contributed by atoms with E-state index in [1.54, 1.807) is 6.92 Å². The van der Waals surface area contributed by atoms with E-state index in [1.165, 1.54) is 21.0 Å². The molecule has 1 aliphatic rings. The minimum absolute atomic E-state index is 0.524. The van der Waals surface area contributed by atoms with Crippen LogP contribution in [0.2, 0.25) is 0 Å². The Hall–Kier alpha value is -1.15. The fourth-order valence-corrected chi connectivity index (χ4v) is 2.67. The van der Waals surface area contributed by atoms with E-state index < -0.39 is 47.2 Å². The molecule has 0 N–H and O–H groups in total. The predicted octanol–water partition coefficient (Wildman–Crippen LogP) is 0.779. The lowest BCUT2D eigenvalue weighted by Crippen LogP contribution is -2.56. The van der Waals surface area contributed by atoms with Crippen molar-refractivity contribution in [3.8, 4) is 0 Å². The van der Waals surface area contributed by atoms with Gasteiger partial charge in [-0.05, 0) is 0 Å². The van der Waals surface area contributed by atoms with Crippen LogP contribution in [0.3, 0.4) is 0 Å². The van der Waals surface area contributed by atoms with Crippen LogP contribution in [0, 0.1) is 5.92 Å². The van der Waals surface area contributed by atoms with Gasteiger partial charge in [-0.3, -0.25) is 9.59 Å². The van der Waals surface area contributed by atoms with Crippen molar-refractivity contribution < 1.29 is 33.3 Å². The Kier molecular flexibility index (Phi) is 5.94. The van der Waals surface area contributed by atoms with Crippen molar-refractivity contribution in [2.24, 2.45) is 5.92 Å². The van der Waals surface area contributed by atoms with Crippen LogP contribution >= 0.6 is 15.9 Å². The third-order valence-corrected chi connectivity index (χ3v) is 3.63. The molecule has 1 rings (SSSR count). The number of rotatable bonds is 3. The molecular weight excluding hydrogens is 336 g/mol. The first-order chi connectivity index (χ1) is 9.27. The Bertz CT molecular complexity index is 397. The number of ether oxygens (including phenoxy) is 4. The maximum Gasteiger partial charge on any atom is 0.335 e. The van der Waals surface area contributed by atoms with Crippen LogP contribution < -0.4 is 0 Å². The third-order valence-electron chi connectivity index (χ3n) is 2.89. The molecule has 5 atom stereocenters. The second-order valence-electron chi connectivity index (χ2n) is 4.44. The molecule has 0 aromatic heterocycles. The molecule has 1 saturated heterocycles. The summed E-state index contributed by atoms with van der Waals surface area (Å²) in [5.41, 5.74) is 0. The predicted molar refractivity (Wildman–Crippen MR) is 69.9 cm³/mol. The number of methoxy groups -OCH3 is 1. The molecule has 0 bridgehead atoms. The highest BCUT2D eigenvalue weighted by atomic mass is 79.9. The molecule has 7 nitrogen and oxygen atoms in total. The standard InChI is InChI=1S/C12H17BrO7/c1-5-8(18-6(2)14)10(19-7(3)15)11(13)20-9(5)12(16)17-4/h5,8-11H,1-4H3/t5-,8-,9-,10+,11+/m0/s1. The zero-order valence-electron chi connectivity index (χ0n) is 11.6. The smallest absolute Gasteiger partial charge is 0.335 e. The Labute approximate surface area is 125 Å². The maximum atomic E-state index is 11.7. The van der Waals surface area contributed by atoms with Gasteiger partial charge in [-0.25, -0.2) is 4.79 Å². The average Bonchev–Trinajstić information content (AvgIpc) is 2.36. The molecule has 0 amide bonds. The van der Waals surface area contributed by atoms with Crippen LogP contribution in [0.4, 0.5) is 0 Å². The fraction of sp³-hybridized carbons (Fsp3) is 0.750. The topological polar surface area (TPSA) is 88.1 Å². The van der Waals surface area contributed by atoms with Gasteiger partial charge in [-0.15, -0.1) is 0 Å². The van der Waals surface area contributed by atoms with Gasteiger partial charge in [0.05, 0.1) is 7.11 Å². The Morgan fingerprint density at radius 2 is 1.55 bits per heavy atom. The van der Waals surface area contributed by atoms with Gasteiger partial charge in [0.15, 0.2) is 17.2 Å². The Morgan fingerprint density at radius 1 is 1.05 bits per heavy atom. The quantitative estimate of drug-likeness (QED) is 0.421. The number of hydrogen-bond donors (Lipinski definition) is 0. The number of carbonyl (C=O) groups is 3. The van der Waals surface area contributed by atoms with Crippen LogP contribution in [0.15, 0.2) is 0 Å². The molecule has 0 unspecified atom stereocenters. The molecule has 1 fully saturated rings. The van der Waals surface area contributed by atoms with Crippen LogP contribution in [-0.4, -0.2) is 48.3 Å². The lowest BCUT2D eigenvalue weighted by molar-refractivity contribution is -0.212. The molecule has 1 heterocycles. The average molecular weight is 353 g/mol. The van der Waals surface area contributed by atoms with E-state index in [9.17, 15) is 14.4 Å². The van der Waals surface area contributed by atoms with Crippen molar-refractivity contribution in [2.45, 2.75) is 44.1 Å². The molecule has 0 saturated carbocycles. The summed E-state index contributed by atoms with van der Waals surface area (Å²) in [7, 11) is 1.24. The van der Waals surface area contributed by atoms with Gasteiger partial charge in [-0.2, -0.15) is 0 Å². The van der Waals surface area contributed by atoms with E-state index in [2.05, 4.69) is 20.7 Å². The van der Waals surface area contributed by atoms with Crippen molar-refractivity contribution in [3.05, 3.63) is 0 Å². The summed E-state index contributed by atoms with van der Waals surface area (Å²) in [5.74, 6) is -2.18. The monoisotopic (exact) mass is 352 g/mol. The lowest BCUT2D eigenvalue weighted by Gasteiger charge is -2.41. The van der Waals surface area contributed by atoms with Gasteiger partial charge < -0.3 is 18.9 Å². The SMILES string of the molecule is COC(=O)[C@H]1O[C@@H](Br)[C@H](OC(C)=O)[C@@H](OC(C)=O)[C@@H]1C. The minimum atomic E-state index is -0.916. The number of carbonyl (C=O) groups excluding carboxylic acids is 3. The van der Waals surface area contributed by atoms with Crippen LogP contribution in [-0.2, 0) is 33.3 Å². The highest BCUT2D eigenvalue weighted by molar-refractivity contribution is 9.09. The summed E-state index contributed by atoms with van der Waals surface area (Å²) in [4.78, 5) is 34.0. The lowest BCUT2D eigenvalue weighted by atomic mass is 9.91. The van der Waals surface area contributed by atoms with Crippen LogP contribution in [0.5, 0.6) is 0 Å². The van der Waals surface area contributed by atoms with E-state index in [0.717, 1.165) is 0 Å². The van der Waals surface area contributed by atoms with Crippen LogP contribution in [0.25, 0.3) is 0 Å². The summed E-state index contributed by atoms with van der Waals surface area (Å²) in [6.07, 6.45) is -2.56. The Balaban J connectivity index is 2.99.